The van der Waals surface area contributed by atoms with Gasteiger partial charge in [0.2, 0.25) is 10.0 Å². The monoisotopic (exact) mass is 250 g/mol. The first-order chi connectivity index (χ1) is 7.49. The number of hydrogen-bond donors (Lipinski definition) is 1. The van der Waals surface area contributed by atoms with E-state index in [1.54, 1.807) is 7.05 Å². The van der Waals surface area contributed by atoms with Crippen LogP contribution in [0.2, 0.25) is 0 Å². The van der Waals surface area contributed by atoms with Gasteiger partial charge in [-0.2, -0.15) is 4.31 Å². The zero-order valence-electron chi connectivity index (χ0n) is 9.60. The Balaban J connectivity index is 2.64. The van der Waals surface area contributed by atoms with Crippen LogP contribution in [0.3, 0.4) is 0 Å². The van der Waals surface area contributed by atoms with Crippen molar-refractivity contribution in [3.8, 4) is 0 Å². The lowest BCUT2D eigenvalue weighted by Gasteiger charge is -2.31. The van der Waals surface area contributed by atoms with Crippen molar-refractivity contribution >= 4 is 16.0 Å². The molecular formula is C9H18N2O4S. The molecule has 0 bridgehead atoms. The summed E-state index contributed by atoms with van der Waals surface area (Å²) in [6.45, 7) is 0.910. The van der Waals surface area contributed by atoms with Gasteiger partial charge in [-0.3, -0.25) is 4.79 Å². The molecule has 0 aromatic carbocycles. The van der Waals surface area contributed by atoms with Gasteiger partial charge in [0.1, 0.15) is 0 Å². The summed E-state index contributed by atoms with van der Waals surface area (Å²) in [7, 11) is -0.527. The van der Waals surface area contributed by atoms with E-state index in [0.29, 0.717) is 13.1 Å². The number of likely N-dealkylation sites (N-methyl/N-ethyl adjacent to an activating group) is 1. The Labute approximate surface area is 96.0 Å². The molecule has 1 aliphatic rings. The Morgan fingerprint density at radius 3 is 2.81 bits per heavy atom. The van der Waals surface area contributed by atoms with E-state index >= 15 is 0 Å². The van der Waals surface area contributed by atoms with Gasteiger partial charge in [-0.25, -0.2) is 8.42 Å². The number of nitrogens with zero attached hydrogens (tertiary/aromatic N) is 1. The molecule has 16 heavy (non-hydrogen) atoms. The smallest absolute Gasteiger partial charge is 0.322 e. The average molecular weight is 250 g/mol. The summed E-state index contributed by atoms with van der Waals surface area (Å²) in [4.78, 5) is 11.0. The Bertz CT molecular complexity index is 341. The number of ether oxygens (including phenoxy) is 1. The highest BCUT2D eigenvalue weighted by atomic mass is 32.2. The minimum atomic E-state index is -3.52. The number of carbonyl (C=O) groups excluding carboxylic acids is 1. The van der Waals surface area contributed by atoms with E-state index in [-0.39, 0.29) is 6.04 Å². The first-order valence-electron chi connectivity index (χ1n) is 5.21. The number of carbonyl (C=O) groups is 1. The van der Waals surface area contributed by atoms with E-state index in [2.05, 4.69) is 10.1 Å². The van der Waals surface area contributed by atoms with Crippen LogP contribution < -0.4 is 5.32 Å². The van der Waals surface area contributed by atoms with Gasteiger partial charge in [-0.05, 0) is 19.9 Å². The number of piperidine rings is 1. The summed E-state index contributed by atoms with van der Waals surface area (Å²) in [5.41, 5.74) is 0. The zero-order chi connectivity index (χ0) is 12.2. The van der Waals surface area contributed by atoms with Crippen molar-refractivity contribution in [2.45, 2.75) is 18.9 Å². The summed E-state index contributed by atoms with van der Waals surface area (Å²) in [5.74, 6) is -1.29. The van der Waals surface area contributed by atoms with Crippen molar-refractivity contribution in [3.63, 3.8) is 0 Å². The van der Waals surface area contributed by atoms with Gasteiger partial charge in [-0.1, -0.05) is 0 Å². The van der Waals surface area contributed by atoms with Crippen molar-refractivity contribution < 1.29 is 17.9 Å². The van der Waals surface area contributed by atoms with Crippen LogP contribution in [0.4, 0.5) is 0 Å². The second-order valence-electron chi connectivity index (χ2n) is 3.82. The molecule has 1 N–H and O–H groups in total. The number of rotatable bonds is 4. The predicted octanol–water partition coefficient (Wildman–Crippen LogP) is -0.827. The molecule has 0 spiro atoms. The van der Waals surface area contributed by atoms with Crippen LogP contribution in [0.5, 0.6) is 0 Å². The second kappa shape index (κ2) is 5.60. The van der Waals surface area contributed by atoms with E-state index in [0.717, 1.165) is 12.8 Å². The standard InChI is InChI=1S/C9H18N2O4S/c1-10-8-4-3-5-11(6-8)16(13,14)7-9(12)15-2/h8,10H,3-7H2,1-2H3. The third-order valence-corrected chi connectivity index (χ3v) is 4.43. The third-order valence-electron chi connectivity index (χ3n) is 2.71. The maximum Gasteiger partial charge on any atom is 0.322 e. The van der Waals surface area contributed by atoms with Crippen LogP contribution in [0.25, 0.3) is 0 Å². The van der Waals surface area contributed by atoms with Crippen molar-refractivity contribution in [3.05, 3.63) is 0 Å². The minimum absolute atomic E-state index is 0.168. The van der Waals surface area contributed by atoms with Crippen LogP contribution in [-0.2, 0) is 19.6 Å². The summed E-state index contributed by atoms with van der Waals surface area (Å²) in [5, 5.41) is 3.05. The second-order valence-corrected chi connectivity index (χ2v) is 5.79. The lowest BCUT2D eigenvalue weighted by Crippen LogP contribution is -2.48. The Morgan fingerprint density at radius 1 is 1.56 bits per heavy atom. The highest BCUT2D eigenvalue weighted by molar-refractivity contribution is 7.89. The molecule has 0 aromatic heterocycles. The van der Waals surface area contributed by atoms with Crippen LogP contribution in [0, 0.1) is 0 Å². The SMILES string of the molecule is CNC1CCCN(S(=O)(=O)CC(=O)OC)C1. The molecule has 0 radical (unpaired) electrons. The number of nitrogens with one attached hydrogen (secondary N) is 1. The van der Waals surface area contributed by atoms with Gasteiger partial charge in [0.05, 0.1) is 7.11 Å². The molecule has 1 fully saturated rings. The first kappa shape index (κ1) is 13.4. The maximum absolute atomic E-state index is 11.8. The minimum Gasteiger partial charge on any atom is -0.468 e. The summed E-state index contributed by atoms with van der Waals surface area (Å²) < 4.78 is 29.4. The van der Waals surface area contributed by atoms with Crippen molar-refractivity contribution in [2.75, 3.05) is 33.0 Å². The van der Waals surface area contributed by atoms with E-state index in [1.165, 1.54) is 11.4 Å². The van der Waals surface area contributed by atoms with Crippen molar-refractivity contribution in [1.29, 1.82) is 0 Å². The van der Waals surface area contributed by atoms with Gasteiger partial charge < -0.3 is 10.1 Å². The molecule has 0 saturated carbocycles. The van der Waals surface area contributed by atoms with Gasteiger partial charge in [0.25, 0.3) is 0 Å². The zero-order valence-corrected chi connectivity index (χ0v) is 10.4. The summed E-state index contributed by atoms with van der Waals surface area (Å²) in [6.07, 6.45) is 1.77. The fourth-order valence-corrected chi connectivity index (χ4v) is 3.14. The van der Waals surface area contributed by atoms with E-state index in [9.17, 15) is 13.2 Å². The van der Waals surface area contributed by atoms with E-state index < -0.39 is 21.7 Å². The summed E-state index contributed by atoms with van der Waals surface area (Å²) >= 11 is 0. The third kappa shape index (κ3) is 3.43. The fourth-order valence-electron chi connectivity index (χ4n) is 1.73. The normalized spacial score (nSPS) is 23.0. The Hall–Kier alpha value is -0.660. The topological polar surface area (TPSA) is 75.7 Å². The van der Waals surface area contributed by atoms with Crippen molar-refractivity contribution in [2.24, 2.45) is 0 Å². The lowest BCUT2D eigenvalue weighted by molar-refractivity contribution is -0.137. The van der Waals surface area contributed by atoms with Crippen molar-refractivity contribution in [1.82, 2.24) is 9.62 Å². The highest BCUT2D eigenvalue weighted by Crippen LogP contribution is 2.14. The van der Waals surface area contributed by atoms with Gasteiger partial charge in [0, 0.05) is 19.1 Å². The van der Waals surface area contributed by atoms with E-state index in [1.807, 2.05) is 0 Å². The number of esters is 1. The predicted molar refractivity (Wildman–Crippen MR) is 59.5 cm³/mol. The van der Waals surface area contributed by atoms with E-state index in [4.69, 9.17) is 0 Å². The molecule has 7 heteroatoms. The lowest BCUT2D eigenvalue weighted by atomic mass is 10.1. The fraction of sp³-hybridized carbons (Fsp3) is 0.889. The Kier molecular flexibility index (Phi) is 4.69. The van der Waals surface area contributed by atoms with Gasteiger partial charge >= 0.3 is 5.97 Å². The molecule has 1 rings (SSSR count). The molecular weight excluding hydrogens is 232 g/mol. The molecule has 0 aliphatic carbocycles. The number of hydrogen-bond acceptors (Lipinski definition) is 5. The number of sulfonamides is 1. The summed E-state index contributed by atoms with van der Waals surface area (Å²) in [6, 6.07) is 0.168. The molecule has 0 amide bonds. The van der Waals surface area contributed by atoms with Crippen LogP contribution >= 0.6 is 0 Å². The molecule has 1 unspecified atom stereocenters. The van der Waals surface area contributed by atoms with Gasteiger partial charge in [-0.15, -0.1) is 0 Å². The molecule has 0 aromatic rings. The molecule has 6 nitrogen and oxygen atoms in total. The first-order valence-corrected chi connectivity index (χ1v) is 6.82. The maximum atomic E-state index is 11.8. The van der Waals surface area contributed by atoms with Crippen LogP contribution in [0.15, 0.2) is 0 Å². The molecule has 1 heterocycles. The molecule has 94 valence electrons. The van der Waals surface area contributed by atoms with Crippen LogP contribution in [-0.4, -0.2) is 57.7 Å². The quantitative estimate of drug-likeness (QED) is 0.659. The van der Waals surface area contributed by atoms with Gasteiger partial charge in [0.15, 0.2) is 5.75 Å². The average Bonchev–Trinajstić information content (AvgIpc) is 2.28. The highest BCUT2D eigenvalue weighted by Gasteiger charge is 2.30. The molecule has 1 atom stereocenters. The largest absolute Gasteiger partial charge is 0.468 e. The Morgan fingerprint density at radius 2 is 2.25 bits per heavy atom. The molecule has 1 saturated heterocycles. The molecule has 1 aliphatic heterocycles. The van der Waals surface area contributed by atoms with Crippen LogP contribution in [0.1, 0.15) is 12.8 Å². The number of methoxy groups -OCH3 is 1.